The number of amides is 1. The largest absolute Gasteiger partial charge is 0.286 e. The number of hydrogen-bond acceptors (Lipinski definition) is 3. The van der Waals surface area contributed by atoms with Crippen molar-refractivity contribution in [3.8, 4) is 0 Å². The van der Waals surface area contributed by atoms with Gasteiger partial charge in [0.15, 0.2) is 5.17 Å². The van der Waals surface area contributed by atoms with Crippen LogP contribution in [0.3, 0.4) is 0 Å². The lowest BCUT2D eigenvalue weighted by Gasteiger charge is -2.34. The Morgan fingerprint density at radius 1 is 0.963 bits per heavy atom. The summed E-state index contributed by atoms with van der Waals surface area (Å²) in [7, 11) is 0. The van der Waals surface area contributed by atoms with Crippen molar-refractivity contribution in [2.24, 2.45) is 10.9 Å². The maximum atomic E-state index is 13.1. The molecular formula is C22H19FN2OS. The zero-order valence-corrected chi connectivity index (χ0v) is 15.5. The number of benzene rings is 2. The van der Waals surface area contributed by atoms with Crippen molar-refractivity contribution >= 4 is 22.8 Å². The summed E-state index contributed by atoms with van der Waals surface area (Å²) in [6.07, 6.45) is 7.75. The summed E-state index contributed by atoms with van der Waals surface area (Å²) in [5, 5.41) is 0.717. The lowest BCUT2D eigenvalue weighted by atomic mass is 9.93. The van der Waals surface area contributed by atoms with Crippen molar-refractivity contribution in [2.75, 3.05) is 0 Å². The summed E-state index contributed by atoms with van der Waals surface area (Å²) in [6.45, 7) is 0.496. The molecule has 2 aromatic carbocycles. The van der Waals surface area contributed by atoms with Crippen LogP contribution in [-0.2, 0) is 17.1 Å². The molecule has 27 heavy (non-hydrogen) atoms. The van der Waals surface area contributed by atoms with Crippen LogP contribution in [0.2, 0.25) is 0 Å². The number of thioether (sulfide) groups is 1. The molecule has 1 amide bonds. The van der Waals surface area contributed by atoms with E-state index >= 15 is 0 Å². The summed E-state index contributed by atoms with van der Waals surface area (Å²) in [5.74, 6) is 0.214. The number of aliphatic imine (C=N–C) groups is 1. The Labute approximate surface area is 162 Å². The van der Waals surface area contributed by atoms with Gasteiger partial charge in [0, 0.05) is 5.75 Å². The molecule has 4 rings (SSSR count). The van der Waals surface area contributed by atoms with Gasteiger partial charge in [-0.2, -0.15) is 0 Å². The van der Waals surface area contributed by atoms with Gasteiger partial charge >= 0.3 is 0 Å². The molecule has 0 aromatic heterocycles. The minimum atomic E-state index is -0.249. The third-order valence-electron chi connectivity index (χ3n) is 4.61. The van der Waals surface area contributed by atoms with Crippen molar-refractivity contribution in [1.29, 1.82) is 0 Å². The van der Waals surface area contributed by atoms with E-state index in [-0.39, 0.29) is 23.7 Å². The molecule has 0 N–H and O–H groups in total. The quantitative estimate of drug-likeness (QED) is 0.781. The van der Waals surface area contributed by atoms with Crippen LogP contribution >= 0.6 is 11.8 Å². The van der Waals surface area contributed by atoms with Crippen LogP contribution in [0.15, 0.2) is 83.9 Å². The molecule has 1 aliphatic carbocycles. The fourth-order valence-electron chi connectivity index (χ4n) is 3.17. The standard InChI is InChI=1S/C22H19FN2OS/c23-18-12-10-17(11-13-18)15-27-22-24-20-9-5-4-8-19(20)21(26)25(22)14-16-6-2-1-3-7-16/h1-13,19-20H,14-15H2/t19-,20-/m0/s1. The molecule has 136 valence electrons. The molecule has 2 atom stereocenters. The zero-order chi connectivity index (χ0) is 18.6. The molecule has 0 fully saturated rings. The highest BCUT2D eigenvalue weighted by Gasteiger charge is 2.36. The van der Waals surface area contributed by atoms with Gasteiger partial charge in [0.05, 0.1) is 18.5 Å². The van der Waals surface area contributed by atoms with Gasteiger partial charge in [0.2, 0.25) is 5.91 Å². The monoisotopic (exact) mass is 378 g/mol. The first-order valence-corrected chi connectivity index (χ1v) is 9.84. The Morgan fingerprint density at radius 2 is 1.70 bits per heavy atom. The third kappa shape index (κ3) is 4.03. The van der Waals surface area contributed by atoms with Gasteiger partial charge < -0.3 is 0 Å². The Balaban J connectivity index is 1.58. The van der Waals surface area contributed by atoms with E-state index in [1.165, 1.54) is 23.9 Å². The van der Waals surface area contributed by atoms with Gasteiger partial charge in [-0.3, -0.25) is 14.7 Å². The highest BCUT2D eigenvalue weighted by atomic mass is 32.2. The Kier molecular flexibility index (Phi) is 5.21. The van der Waals surface area contributed by atoms with Crippen LogP contribution in [0.25, 0.3) is 0 Å². The highest BCUT2D eigenvalue weighted by molar-refractivity contribution is 8.13. The normalized spacial score (nSPS) is 21.1. The zero-order valence-electron chi connectivity index (χ0n) is 14.7. The molecule has 0 unspecified atom stereocenters. The minimum absolute atomic E-state index is 0.0704. The summed E-state index contributed by atoms with van der Waals surface area (Å²) in [5.41, 5.74) is 2.06. The lowest BCUT2D eigenvalue weighted by molar-refractivity contribution is -0.131. The summed E-state index contributed by atoms with van der Waals surface area (Å²) < 4.78 is 13.1. The molecule has 5 heteroatoms. The third-order valence-corrected chi connectivity index (χ3v) is 5.67. The van der Waals surface area contributed by atoms with Crippen LogP contribution in [0.4, 0.5) is 4.39 Å². The summed E-state index contributed by atoms with van der Waals surface area (Å²) >= 11 is 1.52. The number of allylic oxidation sites excluding steroid dienone is 2. The Bertz CT molecular complexity index is 906. The van der Waals surface area contributed by atoms with Crippen molar-refractivity contribution in [3.63, 3.8) is 0 Å². The molecule has 0 spiro atoms. The summed E-state index contributed by atoms with van der Waals surface area (Å²) in [4.78, 5) is 19.7. The second kappa shape index (κ2) is 7.92. The van der Waals surface area contributed by atoms with Gasteiger partial charge in [-0.15, -0.1) is 0 Å². The number of carbonyl (C=O) groups excluding carboxylic acids is 1. The number of fused-ring (bicyclic) bond motifs is 1. The van der Waals surface area contributed by atoms with E-state index in [9.17, 15) is 9.18 Å². The minimum Gasteiger partial charge on any atom is -0.286 e. The molecular weight excluding hydrogens is 359 g/mol. The van der Waals surface area contributed by atoms with Gasteiger partial charge in [-0.25, -0.2) is 4.39 Å². The lowest BCUT2D eigenvalue weighted by Crippen LogP contribution is -2.46. The Hall–Kier alpha value is -2.66. The van der Waals surface area contributed by atoms with E-state index < -0.39 is 0 Å². The predicted molar refractivity (Wildman–Crippen MR) is 108 cm³/mol. The van der Waals surface area contributed by atoms with Crippen molar-refractivity contribution in [3.05, 3.63) is 95.8 Å². The van der Waals surface area contributed by atoms with E-state index in [0.29, 0.717) is 12.3 Å². The summed E-state index contributed by atoms with van der Waals surface area (Å²) in [6, 6.07) is 16.2. The second-order valence-corrected chi connectivity index (χ2v) is 7.47. The average Bonchev–Trinajstić information content (AvgIpc) is 2.71. The predicted octanol–water partition coefficient (Wildman–Crippen LogP) is 4.57. The second-order valence-electron chi connectivity index (χ2n) is 6.52. The number of amidine groups is 1. The molecule has 0 bridgehead atoms. The van der Waals surface area contributed by atoms with Crippen molar-refractivity contribution in [1.82, 2.24) is 4.90 Å². The van der Waals surface area contributed by atoms with Gasteiger partial charge in [-0.1, -0.05) is 78.5 Å². The van der Waals surface area contributed by atoms with Crippen LogP contribution in [-0.4, -0.2) is 22.0 Å². The topological polar surface area (TPSA) is 32.7 Å². The SMILES string of the molecule is O=C1[C@H]2C=CC=C[C@@H]2N=C(SCc2ccc(F)cc2)N1Cc1ccccc1. The van der Waals surface area contributed by atoms with Crippen LogP contribution in [0.5, 0.6) is 0 Å². The molecule has 3 nitrogen and oxygen atoms in total. The van der Waals surface area contributed by atoms with Gasteiger partial charge in [0.25, 0.3) is 0 Å². The number of halogens is 1. The first-order chi connectivity index (χ1) is 13.2. The number of carbonyl (C=O) groups is 1. The Morgan fingerprint density at radius 3 is 2.48 bits per heavy atom. The fourth-order valence-corrected chi connectivity index (χ4v) is 4.17. The average molecular weight is 378 g/mol. The molecule has 0 radical (unpaired) electrons. The van der Waals surface area contributed by atoms with E-state index in [1.54, 1.807) is 17.0 Å². The maximum absolute atomic E-state index is 13.1. The van der Waals surface area contributed by atoms with Crippen molar-refractivity contribution in [2.45, 2.75) is 18.3 Å². The first kappa shape index (κ1) is 17.7. The first-order valence-electron chi connectivity index (χ1n) is 8.86. The van der Waals surface area contributed by atoms with Crippen LogP contribution in [0, 0.1) is 11.7 Å². The van der Waals surface area contributed by atoms with Crippen LogP contribution in [0.1, 0.15) is 11.1 Å². The van der Waals surface area contributed by atoms with E-state index in [1.807, 2.05) is 54.6 Å². The molecule has 0 saturated carbocycles. The van der Waals surface area contributed by atoms with E-state index in [4.69, 9.17) is 4.99 Å². The number of rotatable bonds is 4. The van der Waals surface area contributed by atoms with Crippen molar-refractivity contribution < 1.29 is 9.18 Å². The number of hydrogen-bond donors (Lipinski definition) is 0. The molecule has 1 heterocycles. The number of nitrogens with zero attached hydrogens (tertiary/aromatic N) is 2. The highest BCUT2D eigenvalue weighted by Crippen LogP contribution is 2.30. The molecule has 1 aliphatic heterocycles. The smallest absolute Gasteiger partial charge is 0.238 e. The van der Waals surface area contributed by atoms with E-state index in [2.05, 4.69) is 0 Å². The van der Waals surface area contributed by atoms with Crippen LogP contribution < -0.4 is 0 Å². The molecule has 2 aromatic rings. The molecule has 0 saturated heterocycles. The molecule has 2 aliphatic rings. The van der Waals surface area contributed by atoms with Gasteiger partial charge in [0.1, 0.15) is 5.82 Å². The fraction of sp³-hybridized carbons (Fsp3) is 0.182. The maximum Gasteiger partial charge on any atom is 0.238 e. The van der Waals surface area contributed by atoms with Gasteiger partial charge in [-0.05, 0) is 23.3 Å². The van der Waals surface area contributed by atoms with E-state index in [0.717, 1.165) is 16.3 Å².